The molecule has 7 nitrogen and oxygen atoms in total. The summed E-state index contributed by atoms with van der Waals surface area (Å²) in [7, 11) is -3.80. The summed E-state index contributed by atoms with van der Waals surface area (Å²) < 4.78 is 26.3. The molecule has 1 aliphatic rings. The largest absolute Gasteiger partial charge is 0.480 e. The van der Waals surface area contributed by atoms with E-state index < -0.39 is 28.3 Å². The molecule has 1 aliphatic heterocycles. The summed E-state index contributed by atoms with van der Waals surface area (Å²) in [6.45, 7) is 3.76. The average molecular weight is 266 g/mol. The molecule has 100 valence electrons. The lowest BCUT2D eigenvalue weighted by Crippen LogP contribution is -2.48. The molecule has 0 amide bonds. The molecule has 8 heteroatoms. The van der Waals surface area contributed by atoms with Crippen LogP contribution in [0, 0.1) is 0 Å². The van der Waals surface area contributed by atoms with Crippen LogP contribution in [0.25, 0.3) is 0 Å². The number of hydrogen-bond acceptors (Lipinski definition) is 4. The minimum atomic E-state index is -3.80. The highest BCUT2D eigenvalue weighted by Crippen LogP contribution is 2.23. The maximum Gasteiger partial charge on any atom is 0.322 e. The maximum atomic E-state index is 12.1. The van der Waals surface area contributed by atoms with Crippen molar-refractivity contribution in [2.24, 2.45) is 0 Å². The zero-order chi connectivity index (χ0) is 13.2. The van der Waals surface area contributed by atoms with E-state index >= 15 is 0 Å². The SMILES string of the molecule is CCN(CC)S(=O)(=O)N1CC(O)CC1C(=O)O. The third kappa shape index (κ3) is 2.76. The summed E-state index contributed by atoms with van der Waals surface area (Å²) in [5.74, 6) is -1.22. The lowest BCUT2D eigenvalue weighted by molar-refractivity contribution is -0.140. The number of nitrogens with zero attached hydrogens (tertiary/aromatic N) is 2. The van der Waals surface area contributed by atoms with Crippen molar-refractivity contribution in [3.8, 4) is 0 Å². The van der Waals surface area contributed by atoms with E-state index in [-0.39, 0.29) is 26.1 Å². The zero-order valence-electron chi connectivity index (χ0n) is 9.90. The molecule has 0 bridgehead atoms. The Balaban J connectivity index is 3.01. The fourth-order valence-electron chi connectivity index (χ4n) is 1.96. The van der Waals surface area contributed by atoms with Crippen LogP contribution in [0.4, 0.5) is 0 Å². The van der Waals surface area contributed by atoms with Crippen LogP contribution >= 0.6 is 0 Å². The van der Waals surface area contributed by atoms with Gasteiger partial charge in [0.25, 0.3) is 10.2 Å². The van der Waals surface area contributed by atoms with Crippen molar-refractivity contribution in [2.45, 2.75) is 32.4 Å². The number of carbonyl (C=O) groups is 1. The fraction of sp³-hybridized carbons (Fsp3) is 0.889. The first-order valence-electron chi connectivity index (χ1n) is 5.52. The van der Waals surface area contributed by atoms with E-state index in [4.69, 9.17) is 5.11 Å². The van der Waals surface area contributed by atoms with Gasteiger partial charge in [-0.2, -0.15) is 17.0 Å². The highest BCUT2D eigenvalue weighted by atomic mass is 32.2. The minimum absolute atomic E-state index is 0.0597. The van der Waals surface area contributed by atoms with Crippen LogP contribution in [-0.4, -0.2) is 65.0 Å². The predicted molar refractivity (Wildman–Crippen MR) is 60.6 cm³/mol. The number of carboxylic acid groups (broad SMARTS) is 1. The normalized spacial score (nSPS) is 26.6. The number of aliphatic hydroxyl groups excluding tert-OH is 1. The molecule has 0 aromatic carbocycles. The van der Waals surface area contributed by atoms with Crippen molar-refractivity contribution in [1.29, 1.82) is 0 Å². The van der Waals surface area contributed by atoms with E-state index in [0.29, 0.717) is 0 Å². The van der Waals surface area contributed by atoms with Crippen molar-refractivity contribution >= 4 is 16.2 Å². The number of rotatable bonds is 5. The van der Waals surface area contributed by atoms with Crippen LogP contribution in [0.1, 0.15) is 20.3 Å². The topological polar surface area (TPSA) is 98.2 Å². The van der Waals surface area contributed by atoms with Gasteiger partial charge in [0.15, 0.2) is 0 Å². The van der Waals surface area contributed by atoms with Crippen LogP contribution in [0.2, 0.25) is 0 Å². The molecule has 2 atom stereocenters. The molecule has 1 saturated heterocycles. The number of aliphatic carboxylic acids is 1. The van der Waals surface area contributed by atoms with Gasteiger partial charge in [0.1, 0.15) is 6.04 Å². The van der Waals surface area contributed by atoms with Gasteiger partial charge in [-0.15, -0.1) is 0 Å². The molecular formula is C9H18N2O5S. The quantitative estimate of drug-likeness (QED) is 0.671. The molecule has 0 saturated carbocycles. The van der Waals surface area contributed by atoms with Crippen LogP contribution in [0.3, 0.4) is 0 Å². The van der Waals surface area contributed by atoms with Crippen LogP contribution < -0.4 is 0 Å². The first-order chi connectivity index (χ1) is 7.84. The predicted octanol–water partition coefficient (Wildman–Crippen LogP) is -0.907. The molecule has 0 aliphatic carbocycles. The molecule has 0 spiro atoms. The number of β-amino-alcohol motifs (C(OH)–C–C–N with tert-alkyl or cyclic N) is 1. The van der Waals surface area contributed by atoms with Crippen molar-refractivity contribution in [3.63, 3.8) is 0 Å². The fourth-order valence-corrected chi connectivity index (χ4v) is 3.77. The van der Waals surface area contributed by atoms with Crippen LogP contribution in [0.5, 0.6) is 0 Å². The lowest BCUT2D eigenvalue weighted by atomic mass is 10.2. The third-order valence-corrected chi connectivity index (χ3v) is 5.01. The first-order valence-corrected chi connectivity index (χ1v) is 6.92. The third-order valence-electron chi connectivity index (χ3n) is 2.85. The molecule has 2 N–H and O–H groups in total. The van der Waals surface area contributed by atoms with Gasteiger partial charge in [-0.25, -0.2) is 0 Å². The Morgan fingerprint density at radius 1 is 1.41 bits per heavy atom. The molecule has 17 heavy (non-hydrogen) atoms. The van der Waals surface area contributed by atoms with Crippen LogP contribution in [-0.2, 0) is 15.0 Å². The van der Waals surface area contributed by atoms with Gasteiger partial charge in [-0.05, 0) is 0 Å². The monoisotopic (exact) mass is 266 g/mol. The van der Waals surface area contributed by atoms with E-state index in [1.165, 1.54) is 4.31 Å². The Morgan fingerprint density at radius 3 is 2.35 bits per heavy atom. The first kappa shape index (κ1) is 14.4. The van der Waals surface area contributed by atoms with Gasteiger partial charge in [0.05, 0.1) is 6.10 Å². The van der Waals surface area contributed by atoms with Gasteiger partial charge in [0.2, 0.25) is 0 Å². The van der Waals surface area contributed by atoms with Crippen molar-refractivity contribution in [1.82, 2.24) is 8.61 Å². The van der Waals surface area contributed by atoms with E-state index in [2.05, 4.69) is 0 Å². The molecule has 1 rings (SSSR count). The van der Waals surface area contributed by atoms with E-state index in [0.717, 1.165) is 4.31 Å². The van der Waals surface area contributed by atoms with Crippen molar-refractivity contribution in [3.05, 3.63) is 0 Å². The summed E-state index contributed by atoms with van der Waals surface area (Å²) in [6, 6.07) is -1.17. The molecular weight excluding hydrogens is 248 g/mol. The van der Waals surface area contributed by atoms with Gasteiger partial charge in [-0.1, -0.05) is 13.8 Å². The van der Waals surface area contributed by atoms with E-state index in [9.17, 15) is 18.3 Å². The Labute approximate surface area is 101 Å². The summed E-state index contributed by atoms with van der Waals surface area (Å²) in [5, 5.41) is 18.4. The lowest BCUT2D eigenvalue weighted by Gasteiger charge is -2.27. The summed E-state index contributed by atoms with van der Waals surface area (Å²) in [6.07, 6.45) is -0.975. The zero-order valence-corrected chi connectivity index (χ0v) is 10.7. The van der Waals surface area contributed by atoms with Gasteiger partial charge >= 0.3 is 5.97 Å². The van der Waals surface area contributed by atoms with Gasteiger partial charge in [-0.3, -0.25) is 4.79 Å². The number of hydrogen-bond donors (Lipinski definition) is 2. The second-order valence-electron chi connectivity index (χ2n) is 3.91. The second kappa shape index (κ2) is 5.30. The van der Waals surface area contributed by atoms with Gasteiger partial charge in [0, 0.05) is 26.1 Å². The molecule has 0 radical (unpaired) electrons. The standard InChI is InChI=1S/C9H18N2O5S/c1-3-10(4-2)17(15,16)11-6-7(12)5-8(11)9(13)14/h7-8,12H,3-6H2,1-2H3,(H,13,14). The average Bonchev–Trinajstić information content (AvgIpc) is 2.62. The highest BCUT2D eigenvalue weighted by Gasteiger charge is 2.44. The van der Waals surface area contributed by atoms with Crippen molar-refractivity contribution in [2.75, 3.05) is 19.6 Å². The molecule has 0 aromatic rings. The Hall–Kier alpha value is -0.700. The Kier molecular flexibility index (Phi) is 4.48. The molecule has 1 heterocycles. The molecule has 0 aromatic heterocycles. The maximum absolute atomic E-state index is 12.1. The highest BCUT2D eigenvalue weighted by molar-refractivity contribution is 7.86. The smallest absolute Gasteiger partial charge is 0.322 e. The Bertz CT molecular complexity index is 379. The Morgan fingerprint density at radius 2 is 1.94 bits per heavy atom. The number of aliphatic hydroxyl groups is 1. The summed E-state index contributed by atoms with van der Waals surface area (Å²) in [4.78, 5) is 11.0. The van der Waals surface area contributed by atoms with Crippen LogP contribution in [0.15, 0.2) is 0 Å². The minimum Gasteiger partial charge on any atom is -0.480 e. The van der Waals surface area contributed by atoms with E-state index in [1.807, 2.05) is 0 Å². The summed E-state index contributed by atoms with van der Waals surface area (Å²) in [5.41, 5.74) is 0. The van der Waals surface area contributed by atoms with Crippen molar-refractivity contribution < 1.29 is 23.4 Å². The molecule has 1 fully saturated rings. The number of carboxylic acids is 1. The van der Waals surface area contributed by atoms with Gasteiger partial charge < -0.3 is 10.2 Å². The second-order valence-corrected chi connectivity index (χ2v) is 5.79. The van der Waals surface area contributed by atoms with E-state index in [1.54, 1.807) is 13.8 Å². The summed E-state index contributed by atoms with van der Waals surface area (Å²) >= 11 is 0. The molecule has 2 unspecified atom stereocenters.